The van der Waals surface area contributed by atoms with Gasteiger partial charge in [0, 0.05) is 23.5 Å². The van der Waals surface area contributed by atoms with Crippen molar-refractivity contribution in [2.75, 3.05) is 5.32 Å². The van der Waals surface area contributed by atoms with E-state index in [0.29, 0.717) is 11.6 Å². The summed E-state index contributed by atoms with van der Waals surface area (Å²) in [5.74, 6) is 1.20. The van der Waals surface area contributed by atoms with Crippen molar-refractivity contribution in [1.29, 1.82) is 0 Å². The second-order valence-electron chi connectivity index (χ2n) is 5.93. The van der Waals surface area contributed by atoms with Crippen molar-refractivity contribution >= 4 is 35.0 Å². The molecule has 0 spiro atoms. The highest BCUT2D eigenvalue weighted by atomic mass is 35.5. The molecule has 3 rings (SSSR count). The number of anilines is 1. The van der Waals surface area contributed by atoms with Gasteiger partial charge in [0.1, 0.15) is 5.82 Å². The molecule has 0 radical (unpaired) electrons. The summed E-state index contributed by atoms with van der Waals surface area (Å²) in [7, 11) is 1.86. The molecule has 0 aliphatic heterocycles. The Labute approximate surface area is 161 Å². The van der Waals surface area contributed by atoms with E-state index in [1.165, 1.54) is 0 Å². The van der Waals surface area contributed by atoms with Crippen molar-refractivity contribution < 1.29 is 4.79 Å². The Balaban J connectivity index is 1.60. The van der Waals surface area contributed by atoms with Crippen LogP contribution in [-0.2, 0) is 24.0 Å². The molecule has 1 aromatic heterocycles. The number of nitrogens with one attached hydrogen (secondary N) is 1. The highest BCUT2D eigenvalue weighted by Crippen LogP contribution is 2.25. The van der Waals surface area contributed by atoms with Crippen LogP contribution in [0.1, 0.15) is 17.0 Å². The van der Waals surface area contributed by atoms with Gasteiger partial charge in [-0.2, -0.15) is 0 Å². The highest BCUT2D eigenvalue weighted by molar-refractivity contribution is 7.98. The molecule has 0 atom stereocenters. The van der Waals surface area contributed by atoms with Crippen LogP contribution in [0.4, 0.5) is 5.69 Å². The summed E-state index contributed by atoms with van der Waals surface area (Å²) in [4.78, 5) is 12.2. The molecule has 0 aliphatic rings. The second kappa shape index (κ2) is 8.38. The molecular weight excluding hydrogens is 368 g/mol. The van der Waals surface area contributed by atoms with E-state index >= 15 is 0 Å². The monoisotopic (exact) mass is 386 g/mol. The zero-order valence-electron chi connectivity index (χ0n) is 14.6. The van der Waals surface area contributed by atoms with Gasteiger partial charge in [-0.05, 0) is 30.7 Å². The summed E-state index contributed by atoms with van der Waals surface area (Å²) in [5, 5.41) is 12.7. The molecule has 1 heterocycles. The Hall–Kier alpha value is -2.31. The van der Waals surface area contributed by atoms with Crippen molar-refractivity contribution in [1.82, 2.24) is 14.8 Å². The molecule has 0 unspecified atom stereocenters. The number of benzene rings is 2. The lowest BCUT2D eigenvalue weighted by Crippen LogP contribution is -2.17. The SMILES string of the molecule is Cc1ccc(NC(=O)Cc2nnc(SCc3ccccc3Cl)n2C)cc1. The number of amides is 1. The lowest BCUT2D eigenvalue weighted by Gasteiger charge is -2.06. The van der Waals surface area contributed by atoms with Gasteiger partial charge in [0.2, 0.25) is 5.91 Å². The van der Waals surface area contributed by atoms with Gasteiger partial charge in [-0.3, -0.25) is 4.79 Å². The number of hydrogen-bond donors (Lipinski definition) is 1. The zero-order chi connectivity index (χ0) is 18.5. The molecular formula is C19H19ClN4OS. The van der Waals surface area contributed by atoms with Crippen LogP contribution in [-0.4, -0.2) is 20.7 Å². The lowest BCUT2D eigenvalue weighted by molar-refractivity contribution is -0.115. The normalized spacial score (nSPS) is 10.7. The number of rotatable bonds is 6. The van der Waals surface area contributed by atoms with Crippen molar-refractivity contribution in [3.05, 3.63) is 70.5 Å². The third-order valence-electron chi connectivity index (χ3n) is 3.89. The standard InChI is InChI=1S/C19H19ClN4OS/c1-13-7-9-15(10-8-13)21-18(25)11-17-22-23-19(24(17)2)26-12-14-5-3-4-6-16(14)20/h3-10H,11-12H2,1-2H3,(H,21,25). The predicted molar refractivity (Wildman–Crippen MR) is 106 cm³/mol. The molecule has 0 aliphatic carbocycles. The van der Waals surface area contributed by atoms with Crippen LogP contribution in [0.25, 0.3) is 0 Å². The van der Waals surface area contributed by atoms with E-state index in [1.807, 2.05) is 67.1 Å². The molecule has 1 N–H and O–H groups in total. The smallest absolute Gasteiger partial charge is 0.232 e. The summed E-state index contributed by atoms with van der Waals surface area (Å²) in [5.41, 5.74) is 2.97. The zero-order valence-corrected chi connectivity index (χ0v) is 16.1. The van der Waals surface area contributed by atoms with E-state index in [-0.39, 0.29) is 12.3 Å². The van der Waals surface area contributed by atoms with Crippen LogP contribution in [0, 0.1) is 6.92 Å². The van der Waals surface area contributed by atoms with E-state index in [4.69, 9.17) is 11.6 Å². The number of hydrogen-bond acceptors (Lipinski definition) is 4. The van der Waals surface area contributed by atoms with Crippen LogP contribution in [0.5, 0.6) is 0 Å². The average Bonchev–Trinajstić information content (AvgIpc) is 2.96. The minimum atomic E-state index is -0.119. The number of thioether (sulfide) groups is 1. The molecule has 0 saturated carbocycles. The molecule has 1 amide bonds. The fourth-order valence-corrected chi connectivity index (χ4v) is 3.58. The fraction of sp³-hybridized carbons (Fsp3) is 0.211. The van der Waals surface area contributed by atoms with Gasteiger partial charge in [-0.1, -0.05) is 59.3 Å². The Morgan fingerprint density at radius 3 is 2.62 bits per heavy atom. The molecule has 2 aromatic carbocycles. The van der Waals surface area contributed by atoms with Crippen LogP contribution in [0.3, 0.4) is 0 Å². The predicted octanol–water partition coefficient (Wildman–Crippen LogP) is 4.25. The molecule has 0 bridgehead atoms. The van der Waals surface area contributed by atoms with Crippen molar-refractivity contribution in [3.8, 4) is 0 Å². The van der Waals surface area contributed by atoms with Crippen molar-refractivity contribution in [2.24, 2.45) is 7.05 Å². The maximum absolute atomic E-state index is 12.2. The first kappa shape index (κ1) is 18.5. The summed E-state index contributed by atoms with van der Waals surface area (Å²) >= 11 is 7.72. The number of carbonyl (C=O) groups is 1. The molecule has 7 heteroatoms. The summed E-state index contributed by atoms with van der Waals surface area (Å²) in [6, 6.07) is 15.4. The van der Waals surface area contributed by atoms with Crippen molar-refractivity contribution in [2.45, 2.75) is 24.3 Å². The minimum absolute atomic E-state index is 0.119. The maximum Gasteiger partial charge on any atom is 0.232 e. The average molecular weight is 387 g/mol. The van der Waals surface area contributed by atoms with Crippen LogP contribution < -0.4 is 5.32 Å². The molecule has 134 valence electrons. The van der Waals surface area contributed by atoms with Gasteiger partial charge < -0.3 is 9.88 Å². The van der Waals surface area contributed by atoms with E-state index in [2.05, 4.69) is 15.5 Å². The van der Waals surface area contributed by atoms with E-state index < -0.39 is 0 Å². The van der Waals surface area contributed by atoms with Gasteiger partial charge in [0.15, 0.2) is 5.16 Å². The third-order valence-corrected chi connectivity index (χ3v) is 5.33. The molecule has 0 saturated heterocycles. The first-order chi connectivity index (χ1) is 12.5. The topological polar surface area (TPSA) is 59.8 Å². The third kappa shape index (κ3) is 4.65. The number of aryl methyl sites for hydroxylation is 1. The van der Waals surface area contributed by atoms with Crippen molar-refractivity contribution in [3.63, 3.8) is 0 Å². The van der Waals surface area contributed by atoms with Gasteiger partial charge in [-0.25, -0.2) is 0 Å². The Morgan fingerprint density at radius 2 is 1.88 bits per heavy atom. The van der Waals surface area contributed by atoms with Gasteiger partial charge in [0.05, 0.1) is 6.42 Å². The van der Waals surface area contributed by atoms with E-state index in [0.717, 1.165) is 27.0 Å². The number of nitrogens with zero attached hydrogens (tertiary/aromatic N) is 3. The second-order valence-corrected chi connectivity index (χ2v) is 7.28. The van der Waals surface area contributed by atoms with Gasteiger partial charge >= 0.3 is 0 Å². The molecule has 26 heavy (non-hydrogen) atoms. The van der Waals surface area contributed by atoms with Gasteiger partial charge in [-0.15, -0.1) is 10.2 Å². The fourth-order valence-electron chi connectivity index (χ4n) is 2.37. The minimum Gasteiger partial charge on any atom is -0.326 e. The van der Waals surface area contributed by atoms with Crippen LogP contribution in [0.15, 0.2) is 53.7 Å². The van der Waals surface area contributed by atoms with E-state index in [9.17, 15) is 4.79 Å². The number of carbonyl (C=O) groups excluding carboxylic acids is 1. The van der Waals surface area contributed by atoms with Crippen LogP contribution in [0.2, 0.25) is 5.02 Å². The Bertz CT molecular complexity index is 908. The first-order valence-electron chi connectivity index (χ1n) is 8.14. The number of aromatic nitrogens is 3. The van der Waals surface area contributed by atoms with Crippen LogP contribution >= 0.6 is 23.4 Å². The largest absolute Gasteiger partial charge is 0.326 e. The number of halogens is 1. The highest BCUT2D eigenvalue weighted by Gasteiger charge is 2.14. The molecule has 0 fully saturated rings. The lowest BCUT2D eigenvalue weighted by atomic mass is 10.2. The van der Waals surface area contributed by atoms with Gasteiger partial charge in [0.25, 0.3) is 0 Å². The van der Waals surface area contributed by atoms with E-state index in [1.54, 1.807) is 11.8 Å². The molecule has 3 aromatic rings. The Morgan fingerprint density at radius 1 is 1.15 bits per heavy atom. The summed E-state index contributed by atoms with van der Waals surface area (Å²) in [6.07, 6.45) is 0.171. The maximum atomic E-state index is 12.2. The Kier molecular flexibility index (Phi) is 5.96. The first-order valence-corrected chi connectivity index (χ1v) is 9.50. The summed E-state index contributed by atoms with van der Waals surface area (Å²) < 4.78 is 1.84. The quantitative estimate of drug-likeness (QED) is 0.643. The summed E-state index contributed by atoms with van der Waals surface area (Å²) in [6.45, 7) is 2.01. The molecule has 5 nitrogen and oxygen atoms in total.